The molecular formula is C25H26Cl2N2O5. The lowest BCUT2D eigenvalue weighted by Crippen LogP contribution is -2.38. The van der Waals surface area contributed by atoms with E-state index in [1.54, 1.807) is 49.6 Å². The van der Waals surface area contributed by atoms with Crippen LogP contribution in [0.25, 0.3) is 5.76 Å². The van der Waals surface area contributed by atoms with E-state index in [9.17, 15) is 14.7 Å². The molecule has 7 nitrogen and oxygen atoms in total. The number of morpholine rings is 1. The first-order valence-corrected chi connectivity index (χ1v) is 11.8. The maximum Gasteiger partial charge on any atom is 0.295 e. The fourth-order valence-electron chi connectivity index (χ4n) is 4.33. The van der Waals surface area contributed by atoms with E-state index in [1.807, 2.05) is 0 Å². The molecular weight excluding hydrogens is 479 g/mol. The van der Waals surface area contributed by atoms with Gasteiger partial charge in [-0.05, 0) is 48.4 Å². The number of aliphatic hydroxyl groups excluding tert-OH is 1. The molecule has 1 N–H and O–H groups in total. The van der Waals surface area contributed by atoms with Gasteiger partial charge in [-0.3, -0.25) is 14.5 Å². The molecule has 9 heteroatoms. The molecule has 0 saturated carbocycles. The third-order valence-corrected chi connectivity index (χ3v) is 6.88. The highest BCUT2D eigenvalue weighted by Gasteiger charge is 2.46. The molecule has 2 saturated heterocycles. The first kappa shape index (κ1) is 24.5. The molecule has 1 atom stereocenters. The lowest BCUT2D eigenvalue weighted by atomic mass is 9.95. The summed E-state index contributed by atoms with van der Waals surface area (Å²) in [6, 6.07) is 10.9. The SMILES string of the molecule is COc1ccc(/C(O)=C2/C(=O)C(=O)N(CCCN3CCOCC3)C2c2ccc(Cl)c(Cl)c2)cc1. The van der Waals surface area contributed by atoms with Crippen molar-refractivity contribution in [2.75, 3.05) is 46.5 Å². The Hall–Kier alpha value is -2.58. The third kappa shape index (κ3) is 5.08. The van der Waals surface area contributed by atoms with Gasteiger partial charge in [-0.25, -0.2) is 0 Å². The largest absolute Gasteiger partial charge is 0.507 e. The van der Waals surface area contributed by atoms with Gasteiger partial charge in [-0.1, -0.05) is 29.3 Å². The minimum Gasteiger partial charge on any atom is -0.507 e. The van der Waals surface area contributed by atoms with Crippen LogP contribution in [0.4, 0.5) is 0 Å². The molecule has 1 unspecified atom stereocenters. The zero-order chi connectivity index (χ0) is 24.2. The van der Waals surface area contributed by atoms with Crippen LogP contribution < -0.4 is 4.74 Å². The van der Waals surface area contributed by atoms with Crippen LogP contribution in [0.15, 0.2) is 48.0 Å². The van der Waals surface area contributed by atoms with Crippen molar-refractivity contribution in [3.63, 3.8) is 0 Å². The highest BCUT2D eigenvalue weighted by atomic mass is 35.5. The van der Waals surface area contributed by atoms with Crippen LogP contribution in [-0.4, -0.2) is 73.1 Å². The molecule has 0 aliphatic carbocycles. The molecule has 0 bridgehead atoms. The van der Waals surface area contributed by atoms with Crippen molar-refractivity contribution >= 4 is 40.7 Å². The van der Waals surface area contributed by atoms with Gasteiger partial charge in [0.2, 0.25) is 0 Å². The number of hydrogen-bond donors (Lipinski definition) is 1. The number of hydrogen-bond acceptors (Lipinski definition) is 6. The second-order valence-electron chi connectivity index (χ2n) is 8.20. The minimum atomic E-state index is -0.776. The number of nitrogens with zero attached hydrogens (tertiary/aromatic N) is 2. The molecule has 2 aromatic rings. The zero-order valence-electron chi connectivity index (χ0n) is 18.8. The van der Waals surface area contributed by atoms with Crippen LogP contribution in [0, 0.1) is 0 Å². The number of rotatable bonds is 7. The van der Waals surface area contributed by atoms with Crippen molar-refractivity contribution in [3.05, 3.63) is 69.2 Å². The number of methoxy groups -OCH3 is 1. The molecule has 4 rings (SSSR count). The van der Waals surface area contributed by atoms with Crippen molar-refractivity contribution in [3.8, 4) is 5.75 Å². The van der Waals surface area contributed by atoms with E-state index in [0.717, 1.165) is 19.6 Å². The van der Waals surface area contributed by atoms with Gasteiger partial charge in [0.05, 0.1) is 42.0 Å². The van der Waals surface area contributed by atoms with Crippen LogP contribution in [0.1, 0.15) is 23.6 Å². The molecule has 0 spiro atoms. The van der Waals surface area contributed by atoms with Crippen molar-refractivity contribution in [1.82, 2.24) is 9.80 Å². The van der Waals surface area contributed by atoms with Crippen molar-refractivity contribution in [2.24, 2.45) is 0 Å². The van der Waals surface area contributed by atoms with Gasteiger partial charge >= 0.3 is 0 Å². The Morgan fingerprint density at radius 3 is 2.41 bits per heavy atom. The van der Waals surface area contributed by atoms with Crippen LogP contribution in [0.3, 0.4) is 0 Å². The van der Waals surface area contributed by atoms with Crippen LogP contribution in [0.5, 0.6) is 5.75 Å². The summed E-state index contributed by atoms with van der Waals surface area (Å²) in [4.78, 5) is 30.0. The predicted octanol–water partition coefficient (Wildman–Crippen LogP) is 4.15. The fourth-order valence-corrected chi connectivity index (χ4v) is 4.64. The molecule has 180 valence electrons. The zero-order valence-corrected chi connectivity index (χ0v) is 20.3. The molecule has 2 fully saturated rings. The summed E-state index contributed by atoms with van der Waals surface area (Å²) < 4.78 is 10.6. The Balaban J connectivity index is 1.69. The van der Waals surface area contributed by atoms with E-state index in [2.05, 4.69) is 4.90 Å². The molecule has 2 aliphatic heterocycles. The summed E-state index contributed by atoms with van der Waals surface area (Å²) >= 11 is 12.4. The average molecular weight is 505 g/mol. The molecule has 2 aliphatic rings. The monoisotopic (exact) mass is 504 g/mol. The van der Waals surface area contributed by atoms with E-state index < -0.39 is 17.7 Å². The molecule has 1 amide bonds. The number of Topliss-reactive ketones (excluding diaryl/α,β-unsaturated/α-hetero) is 1. The normalized spacial score (nSPS) is 20.7. The highest BCUT2D eigenvalue weighted by molar-refractivity contribution is 6.46. The van der Waals surface area contributed by atoms with E-state index in [4.69, 9.17) is 32.7 Å². The third-order valence-electron chi connectivity index (χ3n) is 6.14. The van der Waals surface area contributed by atoms with Crippen LogP contribution in [0.2, 0.25) is 10.0 Å². The van der Waals surface area contributed by atoms with Crippen LogP contribution >= 0.6 is 23.2 Å². The average Bonchev–Trinajstić information content (AvgIpc) is 3.11. The van der Waals surface area contributed by atoms with Crippen LogP contribution in [-0.2, 0) is 14.3 Å². The standard InChI is InChI=1S/C25H26Cl2N2O5/c1-33-18-6-3-16(4-7-18)23(30)21-22(17-5-8-19(26)20(27)15-17)29(25(32)24(21)31)10-2-9-28-11-13-34-14-12-28/h3-8,15,22,30H,2,9-14H2,1H3/b23-21-. The predicted molar refractivity (Wildman–Crippen MR) is 130 cm³/mol. The van der Waals surface area contributed by atoms with Gasteiger partial charge in [0.15, 0.2) is 0 Å². The number of amides is 1. The smallest absolute Gasteiger partial charge is 0.295 e. The maximum atomic E-state index is 13.1. The Bertz CT molecular complexity index is 1100. The number of carbonyl (C=O) groups excluding carboxylic acids is 2. The second kappa shape index (κ2) is 10.8. The number of benzene rings is 2. The number of ether oxygens (including phenoxy) is 2. The molecule has 2 heterocycles. The molecule has 34 heavy (non-hydrogen) atoms. The van der Waals surface area contributed by atoms with E-state index >= 15 is 0 Å². The van der Waals surface area contributed by atoms with Gasteiger partial charge in [0.1, 0.15) is 11.5 Å². The van der Waals surface area contributed by atoms with Gasteiger partial charge in [-0.2, -0.15) is 0 Å². The number of halogens is 2. The highest BCUT2D eigenvalue weighted by Crippen LogP contribution is 2.41. The number of likely N-dealkylation sites (tertiary alicyclic amines) is 1. The lowest BCUT2D eigenvalue weighted by molar-refractivity contribution is -0.140. The van der Waals surface area contributed by atoms with Crippen molar-refractivity contribution in [2.45, 2.75) is 12.5 Å². The quantitative estimate of drug-likeness (QED) is 0.346. The summed E-state index contributed by atoms with van der Waals surface area (Å²) in [5.74, 6) is -1.00. The number of aliphatic hydroxyl groups is 1. The summed E-state index contributed by atoms with van der Waals surface area (Å²) in [6.45, 7) is 4.19. The topological polar surface area (TPSA) is 79.3 Å². The lowest BCUT2D eigenvalue weighted by Gasteiger charge is -2.29. The molecule has 2 aromatic carbocycles. The fraction of sp³-hybridized carbons (Fsp3) is 0.360. The Kier molecular flexibility index (Phi) is 7.78. The van der Waals surface area contributed by atoms with E-state index in [-0.39, 0.29) is 11.3 Å². The van der Waals surface area contributed by atoms with Gasteiger partial charge in [0, 0.05) is 31.7 Å². The minimum absolute atomic E-state index is 0.0277. The number of carbonyl (C=O) groups is 2. The van der Waals surface area contributed by atoms with Crippen molar-refractivity contribution < 1.29 is 24.2 Å². The number of ketones is 1. The van der Waals surface area contributed by atoms with Crippen molar-refractivity contribution in [1.29, 1.82) is 0 Å². The summed E-state index contributed by atoms with van der Waals surface area (Å²) in [5.41, 5.74) is 1.05. The van der Waals surface area contributed by atoms with E-state index in [0.29, 0.717) is 53.1 Å². The van der Waals surface area contributed by atoms with Gasteiger partial charge in [-0.15, -0.1) is 0 Å². The Labute approximate surface area is 208 Å². The molecule has 0 aromatic heterocycles. The second-order valence-corrected chi connectivity index (χ2v) is 9.02. The Morgan fingerprint density at radius 1 is 1.06 bits per heavy atom. The van der Waals surface area contributed by atoms with E-state index in [1.165, 1.54) is 4.90 Å². The van der Waals surface area contributed by atoms with Gasteiger partial charge in [0.25, 0.3) is 11.7 Å². The Morgan fingerprint density at radius 2 is 1.76 bits per heavy atom. The first-order valence-electron chi connectivity index (χ1n) is 11.1. The summed E-state index contributed by atoms with van der Waals surface area (Å²) in [7, 11) is 1.54. The molecule has 0 radical (unpaired) electrons. The first-order chi connectivity index (χ1) is 16.4. The van der Waals surface area contributed by atoms with Gasteiger partial charge < -0.3 is 19.5 Å². The maximum absolute atomic E-state index is 13.1. The summed E-state index contributed by atoms with van der Waals surface area (Å²) in [5, 5.41) is 11.8. The summed E-state index contributed by atoms with van der Waals surface area (Å²) in [6.07, 6.45) is 0.674.